The molecule has 1 aliphatic carbocycles. The van der Waals surface area contributed by atoms with E-state index in [4.69, 9.17) is 22.1 Å². The van der Waals surface area contributed by atoms with Gasteiger partial charge in [0, 0.05) is 34.6 Å². The van der Waals surface area contributed by atoms with Gasteiger partial charge in [0.15, 0.2) is 0 Å². The minimum absolute atomic E-state index is 0.0243. The Hall–Kier alpha value is -2.24. The van der Waals surface area contributed by atoms with Crippen molar-refractivity contribution in [3.63, 3.8) is 0 Å². The molecule has 1 amide bonds. The zero-order valence-corrected chi connectivity index (χ0v) is 17.2. The summed E-state index contributed by atoms with van der Waals surface area (Å²) in [5.74, 6) is 0.732. The van der Waals surface area contributed by atoms with Crippen LogP contribution >= 0.6 is 11.6 Å². The number of carbonyl (C=O) groups is 1. The van der Waals surface area contributed by atoms with Crippen LogP contribution in [0.25, 0.3) is 0 Å². The number of nitrogens with one attached hydrogen (secondary N) is 2. The summed E-state index contributed by atoms with van der Waals surface area (Å²) in [5, 5.41) is 7.17. The van der Waals surface area contributed by atoms with Crippen molar-refractivity contribution in [1.29, 1.82) is 0 Å². The smallest absolute Gasteiger partial charge is 0.244 e. The molecule has 4 N–H and O–H groups in total. The number of amides is 1. The summed E-state index contributed by atoms with van der Waals surface area (Å²) in [6.45, 7) is 2.43. The molecule has 0 aromatic heterocycles. The van der Waals surface area contributed by atoms with Crippen molar-refractivity contribution in [3.05, 3.63) is 52.5 Å². The predicted octanol–water partition coefficient (Wildman–Crippen LogP) is 4.67. The summed E-state index contributed by atoms with van der Waals surface area (Å²) in [5.41, 5.74) is 8.68. The number of carbonyl (C=O) groups excluding carboxylic acids is 1. The molecule has 1 fully saturated rings. The zero-order valence-electron chi connectivity index (χ0n) is 16.5. The van der Waals surface area contributed by atoms with Gasteiger partial charge in [0.05, 0.1) is 12.6 Å². The fraction of sp³-hybridized carbons (Fsp3) is 0.409. The van der Waals surface area contributed by atoms with Crippen molar-refractivity contribution in [2.45, 2.75) is 51.1 Å². The standard InChI is InChI=1S/C22H28ClN3O2/c1-15-9-10-16(13-20(15)28-2)26-21(27)22(11-4-3-5-12-22)25-14-17-18(23)7-6-8-19(17)24/h6-10,13,25H,3-5,11-12,14,24H2,1-2H3,(H,26,27). The average Bonchev–Trinajstić information content (AvgIpc) is 2.69. The number of methoxy groups -OCH3 is 1. The molecule has 3 rings (SSSR count). The van der Waals surface area contributed by atoms with Crippen LogP contribution < -0.4 is 21.1 Å². The van der Waals surface area contributed by atoms with Crippen LogP contribution in [-0.2, 0) is 11.3 Å². The summed E-state index contributed by atoms with van der Waals surface area (Å²) in [6, 6.07) is 11.2. The molecule has 2 aromatic carbocycles. The van der Waals surface area contributed by atoms with Crippen LogP contribution in [0, 0.1) is 6.92 Å². The highest BCUT2D eigenvalue weighted by molar-refractivity contribution is 6.31. The minimum atomic E-state index is -0.637. The molecule has 2 aromatic rings. The molecular formula is C22H28ClN3O2. The first-order valence-electron chi connectivity index (χ1n) is 9.69. The Bertz CT molecular complexity index is 827. The molecule has 28 heavy (non-hydrogen) atoms. The van der Waals surface area contributed by atoms with Gasteiger partial charge in [-0.1, -0.05) is 43.0 Å². The first-order valence-corrected chi connectivity index (χ1v) is 10.1. The summed E-state index contributed by atoms with van der Waals surface area (Å²) in [6.07, 6.45) is 4.73. The molecule has 5 nitrogen and oxygen atoms in total. The molecule has 0 aliphatic heterocycles. The number of anilines is 2. The first kappa shape index (κ1) is 20.5. The van der Waals surface area contributed by atoms with Crippen molar-refractivity contribution >= 4 is 28.9 Å². The Kier molecular flexibility index (Phi) is 6.47. The lowest BCUT2D eigenvalue weighted by atomic mass is 9.80. The zero-order chi connectivity index (χ0) is 20.1. The molecule has 0 radical (unpaired) electrons. The number of nitrogens with two attached hydrogens (primary N) is 1. The minimum Gasteiger partial charge on any atom is -0.496 e. The van der Waals surface area contributed by atoms with E-state index in [9.17, 15) is 4.79 Å². The maximum atomic E-state index is 13.3. The van der Waals surface area contributed by atoms with E-state index in [1.54, 1.807) is 7.11 Å². The Morgan fingerprint density at radius 1 is 1.21 bits per heavy atom. The fourth-order valence-electron chi connectivity index (χ4n) is 3.81. The predicted molar refractivity (Wildman–Crippen MR) is 115 cm³/mol. The van der Waals surface area contributed by atoms with Crippen LogP contribution in [0.15, 0.2) is 36.4 Å². The van der Waals surface area contributed by atoms with Crippen LogP contribution in [0.5, 0.6) is 5.75 Å². The summed E-state index contributed by atoms with van der Waals surface area (Å²) < 4.78 is 5.37. The van der Waals surface area contributed by atoms with E-state index in [0.717, 1.165) is 54.7 Å². The number of hydrogen-bond acceptors (Lipinski definition) is 4. The molecule has 0 unspecified atom stereocenters. The maximum absolute atomic E-state index is 13.3. The number of rotatable bonds is 6. The van der Waals surface area contributed by atoms with Crippen molar-refractivity contribution in [3.8, 4) is 5.75 Å². The lowest BCUT2D eigenvalue weighted by Gasteiger charge is -2.37. The third-order valence-electron chi connectivity index (χ3n) is 5.57. The molecule has 0 saturated heterocycles. The average molecular weight is 402 g/mol. The van der Waals surface area contributed by atoms with E-state index in [1.165, 1.54) is 0 Å². The Balaban J connectivity index is 1.79. The van der Waals surface area contributed by atoms with Crippen molar-refractivity contribution in [2.75, 3.05) is 18.2 Å². The van der Waals surface area contributed by atoms with Crippen molar-refractivity contribution < 1.29 is 9.53 Å². The maximum Gasteiger partial charge on any atom is 0.244 e. The van der Waals surface area contributed by atoms with Crippen molar-refractivity contribution in [1.82, 2.24) is 5.32 Å². The lowest BCUT2D eigenvalue weighted by molar-refractivity contribution is -0.123. The third kappa shape index (κ3) is 4.42. The van der Waals surface area contributed by atoms with E-state index in [2.05, 4.69) is 10.6 Å². The van der Waals surface area contributed by atoms with E-state index in [1.807, 2.05) is 43.3 Å². The van der Waals surface area contributed by atoms with Gasteiger partial charge >= 0.3 is 0 Å². The van der Waals surface area contributed by atoms with Crippen LogP contribution in [0.3, 0.4) is 0 Å². The second-order valence-corrected chi connectivity index (χ2v) is 7.85. The summed E-state index contributed by atoms with van der Waals surface area (Å²) in [4.78, 5) is 13.3. The van der Waals surface area contributed by atoms with Crippen LogP contribution in [0.1, 0.15) is 43.2 Å². The lowest BCUT2D eigenvalue weighted by Crippen LogP contribution is -2.55. The molecule has 1 aliphatic rings. The fourth-order valence-corrected chi connectivity index (χ4v) is 4.06. The van der Waals surface area contributed by atoms with E-state index in [-0.39, 0.29) is 5.91 Å². The van der Waals surface area contributed by atoms with Gasteiger partial charge < -0.3 is 15.8 Å². The van der Waals surface area contributed by atoms with Gasteiger partial charge in [-0.05, 0) is 43.5 Å². The molecular weight excluding hydrogens is 374 g/mol. The Morgan fingerprint density at radius 3 is 2.64 bits per heavy atom. The molecule has 0 bridgehead atoms. The topological polar surface area (TPSA) is 76.4 Å². The number of halogens is 1. The largest absolute Gasteiger partial charge is 0.496 e. The van der Waals surface area contributed by atoms with Crippen LogP contribution in [-0.4, -0.2) is 18.6 Å². The second-order valence-electron chi connectivity index (χ2n) is 7.44. The number of ether oxygens (including phenoxy) is 1. The molecule has 6 heteroatoms. The van der Waals surface area contributed by atoms with E-state index >= 15 is 0 Å². The SMILES string of the molecule is COc1cc(NC(=O)C2(NCc3c(N)cccc3Cl)CCCCC2)ccc1C. The normalized spacial score (nSPS) is 15.8. The number of nitrogen functional groups attached to an aromatic ring is 1. The van der Waals surface area contributed by atoms with Gasteiger partial charge in [0.25, 0.3) is 0 Å². The van der Waals surface area contributed by atoms with Gasteiger partial charge in [-0.3, -0.25) is 10.1 Å². The third-order valence-corrected chi connectivity index (χ3v) is 5.92. The highest BCUT2D eigenvalue weighted by Gasteiger charge is 2.39. The molecule has 0 atom stereocenters. The van der Waals surface area contributed by atoms with Gasteiger partial charge in [0.1, 0.15) is 5.75 Å². The van der Waals surface area contributed by atoms with E-state index < -0.39 is 5.54 Å². The highest BCUT2D eigenvalue weighted by atomic mass is 35.5. The van der Waals surface area contributed by atoms with Crippen molar-refractivity contribution in [2.24, 2.45) is 0 Å². The van der Waals surface area contributed by atoms with Gasteiger partial charge in [-0.2, -0.15) is 0 Å². The van der Waals surface area contributed by atoms with Crippen LogP contribution in [0.4, 0.5) is 11.4 Å². The summed E-state index contributed by atoms with van der Waals surface area (Å²) >= 11 is 6.32. The number of aryl methyl sites for hydroxylation is 1. The second kappa shape index (κ2) is 8.84. The van der Waals surface area contributed by atoms with E-state index in [0.29, 0.717) is 17.3 Å². The van der Waals surface area contributed by atoms with Gasteiger partial charge in [-0.25, -0.2) is 0 Å². The number of benzene rings is 2. The van der Waals surface area contributed by atoms with Crippen LogP contribution in [0.2, 0.25) is 5.02 Å². The Morgan fingerprint density at radius 2 is 1.96 bits per heavy atom. The molecule has 1 saturated carbocycles. The monoisotopic (exact) mass is 401 g/mol. The highest BCUT2D eigenvalue weighted by Crippen LogP contribution is 2.32. The Labute approximate surface area is 171 Å². The number of hydrogen-bond donors (Lipinski definition) is 3. The quantitative estimate of drug-likeness (QED) is 0.614. The molecule has 150 valence electrons. The van der Waals surface area contributed by atoms with Gasteiger partial charge in [-0.15, -0.1) is 0 Å². The molecule has 0 heterocycles. The molecule has 0 spiro atoms. The summed E-state index contributed by atoms with van der Waals surface area (Å²) in [7, 11) is 1.63. The first-order chi connectivity index (χ1) is 13.4. The van der Waals surface area contributed by atoms with Gasteiger partial charge in [0.2, 0.25) is 5.91 Å².